The van der Waals surface area contributed by atoms with E-state index in [9.17, 15) is 5.11 Å². The number of benzene rings is 8. The summed E-state index contributed by atoms with van der Waals surface area (Å²) >= 11 is 0. The molecule has 0 amide bonds. The summed E-state index contributed by atoms with van der Waals surface area (Å²) in [5.41, 5.74) is 18.9. The van der Waals surface area contributed by atoms with Gasteiger partial charge >= 0.3 is 0 Å². The summed E-state index contributed by atoms with van der Waals surface area (Å²) in [4.78, 5) is 4.33. The first-order chi connectivity index (χ1) is 29.4. The predicted molar refractivity (Wildman–Crippen MR) is 252 cm³/mol. The number of nitrogens with two attached hydrogens (primary N) is 1. The van der Waals surface area contributed by atoms with Crippen LogP contribution < -0.4 is 20.3 Å². The normalized spacial score (nSPS) is 10.9. The molecule has 0 unspecified atom stereocenters. The van der Waals surface area contributed by atoms with Gasteiger partial charge in [0.2, 0.25) is 0 Å². The van der Waals surface area contributed by atoms with Gasteiger partial charge in [-0.2, -0.15) is 0 Å². The zero-order valence-corrected chi connectivity index (χ0v) is 33.9. The van der Waals surface area contributed by atoms with Crippen LogP contribution >= 0.6 is 0 Å². The van der Waals surface area contributed by atoms with Crippen molar-refractivity contribution in [2.45, 2.75) is 20.8 Å². The summed E-state index contributed by atoms with van der Waals surface area (Å²) in [6, 6.07) is 60.4. The van der Waals surface area contributed by atoms with Gasteiger partial charge in [-0.3, -0.25) is 0 Å². The standard InChI is InChI=1S/C52H40N4O2.C2H6/c1-37-40(18-12-38-14-22-45(23-15-38)56(43-10-6-3-7-11-43)47-28-32-49(33-29-47)58-36-53)20-35-51-50(37)34-21-41(52(51)54)19-13-39-16-24-44(25-17-39)55(42-8-4-2-5-9-42)46-26-30-48(57)31-27-46;1-2/h2-35,57H,54H2,1H3;1-2H3/b18-12+,19-13+;. The maximum atomic E-state index is 9.87. The molecule has 8 rings (SSSR count). The van der Waals surface area contributed by atoms with Gasteiger partial charge in [0.05, 0.1) is 0 Å². The SMILES string of the molecule is CC.Cc1c(/C=C/c2ccc(N(c3ccccc3)c3ccc(OC#N)cc3)cc2)ccc2c(N)c(/C=C/c3ccc(N(c4ccccc4)c4ccc(O)cc4)cc3)ccc12. The van der Waals surface area contributed by atoms with Gasteiger partial charge < -0.3 is 25.4 Å². The Morgan fingerprint density at radius 2 is 0.883 bits per heavy atom. The molecule has 6 nitrogen and oxygen atoms in total. The lowest BCUT2D eigenvalue weighted by molar-refractivity contribution is 0.475. The van der Waals surface area contributed by atoms with Crippen LogP contribution in [0, 0.1) is 18.4 Å². The first kappa shape index (κ1) is 40.2. The molecule has 0 atom stereocenters. The number of nitrogens with zero attached hydrogens (tertiary/aromatic N) is 3. The molecule has 0 aliphatic carbocycles. The molecule has 0 heterocycles. The third kappa shape index (κ3) is 9.07. The monoisotopic (exact) mass is 782 g/mol. The van der Waals surface area contributed by atoms with Crippen molar-refractivity contribution >= 4 is 74.9 Å². The number of nitriles is 1. The molecule has 0 aromatic heterocycles. The molecular formula is C54H46N4O2. The summed E-state index contributed by atoms with van der Waals surface area (Å²) < 4.78 is 5.00. The van der Waals surface area contributed by atoms with E-state index in [0.717, 1.165) is 72.8 Å². The molecule has 0 spiro atoms. The Kier molecular flexibility index (Phi) is 12.7. The van der Waals surface area contributed by atoms with E-state index in [4.69, 9.17) is 15.7 Å². The van der Waals surface area contributed by atoms with E-state index in [0.29, 0.717) is 5.75 Å². The van der Waals surface area contributed by atoms with Crippen molar-refractivity contribution < 1.29 is 9.84 Å². The average molecular weight is 783 g/mol. The maximum Gasteiger partial charge on any atom is 0.292 e. The Morgan fingerprint density at radius 1 is 0.483 bits per heavy atom. The van der Waals surface area contributed by atoms with Gasteiger partial charge in [-0.1, -0.05) is 123 Å². The number of hydrogen-bond acceptors (Lipinski definition) is 6. The number of phenolic OH excluding ortho intramolecular Hbond substituents is 1. The first-order valence-corrected chi connectivity index (χ1v) is 20.0. The quantitative estimate of drug-likeness (QED) is 0.0772. The van der Waals surface area contributed by atoms with Crippen molar-refractivity contribution in [3.05, 3.63) is 210 Å². The number of anilines is 7. The number of nitrogen functional groups attached to an aromatic ring is 1. The Bertz CT molecular complexity index is 2760. The fraction of sp³-hybridized carbons (Fsp3) is 0.0556. The second-order valence-corrected chi connectivity index (χ2v) is 13.8. The zero-order chi connectivity index (χ0) is 41.8. The Labute approximate surface area is 352 Å². The lowest BCUT2D eigenvalue weighted by atomic mass is 9.96. The zero-order valence-electron chi connectivity index (χ0n) is 33.9. The Morgan fingerprint density at radius 3 is 1.37 bits per heavy atom. The van der Waals surface area contributed by atoms with Crippen LogP contribution in [0.1, 0.15) is 41.7 Å². The maximum absolute atomic E-state index is 9.87. The minimum absolute atomic E-state index is 0.234. The van der Waals surface area contributed by atoms with Gasteiger partial charge in [0, 0.05) is 45.2 Å². The molecule has 0 fully saturated rings. The van der Waals surface area contributed by atoms with Crippen LogP contribution in [0.4, 0.5) is 39.8 Å². The number of aromatic hydroxyl groups is 1. The van der Waals surface area contributed by atoms with Crippen LogP contribution in [-0.4, -0.2) is 5.11 Å². The topological polar surface area (TPSA) is 85.8 Å². The van der Waals surface area contributed by atoms with E-state index >= 15 is 0 Å². The van der Waals surface area contributed by atoms with Crippen LogP contribution in [0.5, 0.6) is 11.5 Å². The second-order valence-electron chi connectivity index (χ2n) is 13.8. The van der Waals surface area contributed by atoms with Crippen molar-refractivity contribution in [3.63, 3.8) is 0 Å². The number of para-hydroxylation sites is 2. The minimum Gasteiger partial charge on any atom is -0.508 e. The van der Waals surface area contributed by atoms with Gasteiger partial charge in [0.1, 0.15) is 11.5 Å². The summed E-state index contributed by atoms with van der Waals surface area (Å²) in [5.74, 6) is 0.736. The molecule has 8 aromatic rings. The third-order valence-corrected chi connectivity index (χ3v) is 10.2. The summed E-state index contributed by atoms with van der Waals surface area (Å²) in [6.45, 7) is 6.14. The highest BCUT2D eigenvalue weighted by Crippen LogP contribution is 2.37. The van der Waals surface area contributed by atoms with E-state index in [2.05, 4.69) is 138 Å². The van der Waals surface area contributed by atoms with Gasteiger partial charge in [0.15, 0.2) is 0 Å². The van der Waals surface area contributed by atoms with Crippen LogP contribution in [0.15, 0.2) is 182 Å². The summed E-state index contributed by atoms with van der Waals surface area (Å²) in [5, 5.41) is 20.9. The number of rotatable bonds is 11. The van der Waals surface area contributed by atoms with Gasteiger partial charge in [0.25, 0.3) is 6.26 Å². The lowest BCUT2D eigenvalue weighted by Gasteiger charge is -2.25. The van der Waals surface area contributed by atoms with Gasteiger partial charge in [-0.05, 0) is 137 Å². The molecule has 0 saturated carbocycles. The highest BCUT2D eigenvalue weighted by Gasteiger charge is 2.14. The molecule has 0 aliphatic rings. The first-order valence-electron chi connectivity index (χ1n) is 20.0. The summed E-state index contributed by atoms with van der Waals surface area (Å²) in [7, 11) is 0. The number of ether oxygens (including phenoxy) is 1. The van der Waals surface area contributed by atoms with E-state index in [1.807, 2.05) is 74.5 Å². The second kappa shape index (κ2) is 19.0. The Hall–Kier alpha value is -8.01. The van der Waals surface area contributed by atoms with Gasteiger partial charge in [-0.15, -0.1) is 5.26 Å². The minimum atomic E-state index is 0.234. The van der Waals surface area contributed by atoms with Crippen LogP contribution in [0.25, 0.3) is 35.1 Å². The number of aryl methyl sites for hydroxylation is 1. The highest BCUT2D eigenvalue weighted by atomic mass is 16.5. The van der Waals surface area contributed by atoms with Crippen LogP contribution in [-0.2, 0) is 0 Å². The van der Waals surface area contributed by atoms with E-state index in [1.54, 1.807) is 30.5 Å². The summed E-state index contributed by atoms with van der Waals surface area (Å²) in [6.07, 6.45) is 10.2. The molecule has 294 valence electrons. The molecule has 0 saturated heterocycles. The lowest BCUT2D eigenvalue weighted by Crippen LogP contribution is -2.09. The molecule has 8 aromatic carbocycles. The van der Waals surface area contributed by atoms with E-state index in [1.165, 1.54) is 5.56 Å². The van der Waals surface area contributed by atoms with Crippen LogP contribution in [0.3, 0.4) is 0 Å². The van der Waals surface area contributed by atoms with Gasteiger partial charge in [-0.25, -0.2) is 0 Å². The number of fused-ring (bicyclic) bond motifs is 1. The molecule has 0 aliphatic heterocycles. The molecule has 60 heavy (non-hydrogen) atoms. The van der Waals surface area contributed by atoms with Crippen molar-refractivity contribution in [1.29, 1.82) is 5.26 Å². The fourth-order valence-corrected chi connectivity index (χ4v) is 7.15. The third-order valence-electron chi connectivity index (χ3n) is 10.2. The highest BCUT2D eigenvalue weighted by molar-refractivity contribution is 6.01. The number of hydrogen-bond donors (Lipinski definition) is 2. The molecule has 6 heteroatoms. The van der Waals surface area contributed by atoms with Crippen molar-refractivity contribution in [2.75, 3.05) is 15.5 Å². The number of phenols is 1. The predicted octanol–water partition coefficient (Wildman–Crippen LogP) is 14.6. The molecule has 3 N–H and O–H groups in total. The van der Waals surface area contributed by atoms with Crippen molar-refractivity contribution in [3.8, 4) is 17.8 Å². The molecular weight excluding hydrogens is 737 g/mol. The van der Waals surface area contributed by atoms with E-state index in [-0.39, 0.29) is 5.75 Å². The van der Waals surface area contributed by atoms with Crippen LogP contribution in [0.2, 0.25) is 0 Å². The van der Waals surface area contributed by atoms with Crippen molar-refractivity contribution in [2.24, 2.45) is 0 Å². The smallest absolute Gasteiger partial charge is 0.292 e. The van der Waals surface area contributed by atoms with E-state index < -0.39 is 0 Å². The molecule has 0 radical (unpaired) electrons. The molecule has 0 bridgehead atoms. The fourth-order valence-electron chi connectivity index (χ4n) is 7.15. The average Bonchev–Trinajstić information content (AvgIpc) is 3.30. The Balaban J connectivity index is 0.00000268. The van der Waals surface area contributed by atoms with Crippen molar-refractivity contribution in [1.82, 2.24) is 0 Å². The largest absolute Gasteiger partial charge is 0.508 e.